The molecule has 0 aliphatic rings. The Labute approximate surface area is 114 Å². The molecule has 2 aromatic heterocycles. The van der Waals surface area contributed by atoms with Gasteiger partial charge in [0.1, 0.15) is 0 Å². The van der Waals surface area contributed by atoms with Gasteiger partial charge in [0, 0.05) is 29.7 Å². The van der Waals surface area contributed by atoms with Gasteiger partial charge in [0.15, 0.2) is 6.23 Å². The number of pyridine rings is 1. The highest BCUT2D eigenvalue weighted by Gasteiger charge is 2.16. The van der Waals surface area contributed by atoms with Crippen molar-refractivity contribution >= 4 is 0 Å². The molecule has 2 N–H and O–H groups in total. The lowest BCUT2D eigenvalue weighted by molar-refractivity contribution is 0.00780. The second kappa shape index (κ2) is 6.27. The van der Waals surface area contributed by atoms with Crippen molar-refractivity contribution < 1.29 is 9.84 Å². The molecule has 0 aliphatic heterocycles. The fourth-order valence-electron chi connectivity index (χ4n) is 1.79. The molecule has 2 rings (SSSR count). The molecule has 0 bridgehead atoms. The Hall–Kier alpha value is -2.25. The molecule has 7 heteroatoms. The van der Waals surface area contributed by atoms with E-state index in [1.807, 2.05) is 0 Å². The number of aromatic nitrogens is 3. The number of H-pyrrole nitrogens is 1. The van der Waals surface area contributed by atoms with Crippen LogP contribution in [0.4, 0.5) is 0 Å². The van der Waals surface area contributed by atoms with Crippen molar-refractivity contribution in [3.8, 4) is 0 Å². The van der Waals surface area contributed by atoms with Gasteiger partial charge in [0.05, 0.1) is 13.2 Å². The third kappa shape index (κ3) is 3.01. The third-order valence-electron chi connectivity index (χ3n) is 2.76. The molecule has 0 spiro atoms. The molecule has 0 aliphatic carbocycles. The van der Waals surface area contributed by atoms with Crippen LogP contribution in [0.25, 0.3) is 0 Å². The normalized spacial score (nSPS) is 12.3. The Bertz CT molecular complexity index is 678. The van der Waals surface area contributed by atoms with Crippen LogP contribution in [-0.2, 0) is 4.74 Å². The number of aliphatic hydroxyl groups excluding tert-OH is 1. The Morgan fingerprint density at radius 3 is 2.75 bits per heavy atom. The van der Waals surface area contributed by atoms with Crippen LogP contribution in [0.15, 0.2) is 40.3 Å². The molecule has 1 unspecified atom stereocenters. The van der Waals surface area contributed by atoms with E-state index in [1.165, 1.54) is 10.8 Å². The zero-order valence-electron chi connectivity index (χ0n) is 10.9. The molecule has 0 aromatic carbocycles. The van der Waals surface area contributed by atoms with Crippen LogP contribution in [0.3, 0.4) is 0 Å². The highest BCUT2D eigenvalue weighted by molar-refractivity contribution is 5.15. The minimum atomic E-state index is -0.729. The molecule has 0 fully saturated rings. The van der Waals surface area contributed by atoms with Crippen molar-refractivity contribution in [2.45, 2.75) is 13.2 Å². The standard InChI is InChI=1S/C13H15N3O4/c1-9-8-16(13(19)15-11(9)18)12(20-7-6-17)10-2-4-14-5-3-10/h2-5,8,12,17H,6-7H2,1H3,(H,15,18,19). The van der Waals surface area contributed by atoms with Crippen molar-refractivity contribution in [2.75, 3.05) is 13.2 Å². The summed E-state index contributed by atoms with van der Waals surface area (Å²) in [5, 5.41) is 8.89. The van der Waals surface area contributed by atoms with Gasteiger partial charge in [-0.3, -0.25) is 19.3 Å². The molecule has 106 valence electrons. The molecule has 2 heterocycles. The average molecular weight is 277 g/mol. The summed E-state index contributed by atoms with van der Waals surface area (Å²) in [6, 6.07) is 3.41. The fourth-order valence-corrected chi connectivity index (χ4v) is 1.79. The lowest BCUT2D eigenvalue weighted by atomic mass is 10.2. The van der Waals surface area contributed by atoms with Gasteiger partial charge in [-0.05, 0) is 19.1 Å². The van der Waals surface area contributed by atoms with Crippen molar-refractivity contribution in [3.63, 3.8) is 0 Å². The number of nitrogens with zero attached hydrogens (tertiary/aromatic N) is 2. The van der Waals surface area contributed by atoms with E-state index < -0.39 is 17.5 Å². The molecular weight excluding hydrogens is 262 g/mol. The highest BCUT2D eigenvalue weighted by atomic mass is 16.5. The van der Waals surface area contributed by atoms with Crippen LogP contribution in [0.1, 0.15) is 17.4 Å². The summed E-state index contributed by atoms with van der Waals surface area (Å²) >= 11 is 0. The molecule has 0 saturated heterocycles. The SMILES string of the molecule is Cc1cn(C(OCCO)c2ccncc2)c(=O)[nH]c1=O. The van der Waals surface area contributed by atoms with Gasteiger partial charge in [-0.1, -0.05) is 0 Å². The number of nitrogens with one attached hydrogen (secondary N) is 1. The largest absolute Gasteiger partial charge is 0.394 e. The predicted molar refractivity (Wildman–Crippen MR) is 71.5 cm³/mol. The summed E-state index contributed by atoms with van der Waals surface area (Å²) in [5.74, 6) is 0. The maximum absolute atomic E-state index is 11.9. The van der Waals surface area contributed by atoms with Crippen LogP contribution in [0.5, 0.6) is 0 Å². The van der Waals surface area contributed by atoms with Gasteiger partial charge < -0.3 is 9.84 Å². The Morgan fingerprint density at radius 2 is 2.10 bits per heavy atom. The molecular formula is C13H15N3O4. The Balaban J connectivity index is 2.49. The third-order valence-corrected chi connectivity index (χ3v) is 2.76. The van der Waals surface area contributed by atoms with Crippen molar-refractivity contribution in [1.82, 2.24) is 14.5 Å². The summed E-state index contributed by atoms with van der Waals surface area (Å²) in [4.78, 5) is 29.5. The number of hydrogen-bond donors (Lipinski definition) is 2. The molecule has 1 atom stereocenters. The van der Waals surface area contributed by atoms with Crippen LogP contribution in [-0.4, -0.2) is 32.9 Å². The van der Waals surface area contributed by atoms with Gasteiger partial charge >= 0.3 is 5.69 Å². The van der Waals surface area contributed by atoms with E-state index in [1.54, 1.807) is 31.5 Å². The van der Waals surface area contributed by atoms with E-state index in [0.717, 1.165) is 0 Å². The van der Waals surface area contributed by atoms with Crippen LogP contribution in [0, 0.1) is 6.92 Å². The van der Waals surface area contributed by atoms with Crippen LogP contribution < -0.4 is 11.2 Å². The van der Waals surface area contributed by atoms with E-state index in [2.05, 4.69) is 9.97 Å². The summed E-state index contributed by atoms with van der Waals surface area (Å²) in [5.41, 5.74) is 0.0977. The number of aryl methyl sites for hydroxylation is 1. The van der Waals surface area contributed by atoms with Gasteiger partial charge in [0.25, 0.3) is 5.56 Å². The topological polar surface area (TPSA) is 97.2 Å². The van der Waals surface area contributed by atoms with Gasteiger partial charge in [-0.25, -0.2) is 4.79 Å². The minimum Gasteiger partial charge on any atom is -0.394 e. The van der Waals surface area contributed by atoms with E-state index in [0.29, 0.717) is 11.1 Å². The molecule has 0 saturated carbocycles. The van der Waals surface area contributed by atoms with E-state index in [9.17, 15) is 9.59 Å². The first-order chi connectivity index (χ1) is 9.63. The lowest BCUT2D eigenvalue weighted by Crippen LogP contribution is -2.35. The first kappa shape index (κ1) is 14.2. The molecule has 20 heavy (non-hydrogen) atoms. The van der Waals surface area contributed by atoms with Crippen LogP contribution in [0.2, 0.25) is 0 Å². The number of aromatic amines is 1. The van der Waals surface area contributed by atoms with Crippen molar-refractivity contribution in [1.29, 1.82) is 0 Å². The fraction of sp³-hybridized carbons (Fsp3) is 0.308. The maximum atomic E-state index is 11.9. The van der Waals surface area contributed by atoms with Crippen molar-refractivity contribution in [2.24, 2.45) is 0 Å². The first-order valence-electron chi connectivity index (χ1n) is 6.08. The zero-order valence-corrected chi connectivity index (χ0v) is 10.9. The molecule has 0 amide bonds. The smallest absolute Gasteiger partial charge is 0.330 e. The average Bonchev–Trinajstić information content (AvgIpc) is 2.45. The van der Waals surface area contributed by atoms with Gasteiger partial charge in [0.2, 0.25) is 0 Å². The Morgan fingerprint density at radius 1 is 1.40 bits per heavy atom. The number of ether oxygens (including phenoxy) is 1. The van der Waals surface area contributed by atoms with Crippen LogP contribution >= 0.6 is 0 Å². The molecule has 2 aromatic rings. The van der Waals surface area contributed by atoms with Gasteiger partial charge in [-0.2, -0.15) is 0 Å². The quantitative estimate of drug-likeness (QED) is 0.788. The number of rotatable bonds is 5. The van der Waals surface area contributed by atoms with Gasteiger partial charge in [-0.15, -0.1) is 0 Å². The van der Waals surface area contributed by atoms with E-state index in [-0.39, 0.29) is 13.2 Å². The number of hydrogen-bond acceptors (Lipinski definition) is 5. The minimum absolute atomic E-state index is 0.0671. The monoisotopic (exact) mass is 277 g/mol. The predicted octanol–water partition coefficient (Wildman–Crippen LogP) is -0.204. The zero-order chi connectivity index (χ0) is 14.5. The van der Waals surface area contributed by atoms with Crippen molar-refractivity contribution in [3.05, 3.63) is 62.7 Å². The maximum Gasteiger partial charge on any atom is 0.330 e. The Kier molecular flexibility index (Phi) is 4.44. The first-order valence-corrected chi connectivity index (χ1v) is 6.08. The second-order valence-electron chi connectivity index (χ2n) is 4.21. The highest BCUT2D eigenvalue weighted by Crippen LogP contribution is 2.17. The van der Waals surface area contributed by atoms with E-state index >= 15 is 0 Å². The lowest BCUT2D eigenvalue weighted by Gasteiger charge is -2.20. The van der Waals surface area contributed by atoms with E-state index in [4.69, 9.17) is 9.84 Å². The second-order valence-corrected chi connectivity index (χ2v) is 4.21. The molecule has 0 radical (unpaired) electrons. The molecule has 7 nitrogen and oxygen atoms in total. The summed E-state index contributed by atoms with van der Waals surface area (Å²) in [7, 11) is 0. The summed E-state index contributed by atoms with van der Waals surface area (Å²) < 4.78 is 6.78. The number of aliphatic hydroxyl groups is 1. The summed E-state index contributed by atoms with van der Waals surface area (Å²) in [6.45, 7) is 1.50. The summed E-state index contributed by atoms with van der Waals surface area (Å²) in [6.07, 6.45) is 3.86.